The van der Waals surface area contributed by atoms with Crippen molar-refractivity contribution in [3.05, 3.63) is 59.7 Å². The molecule has 30 heavy (non-hydrogen) atoms. The second-order valence-electron chi connectivity index (χ2n) is 7.25. The Morgan fingerprint density at radius 3 is 2.63 bits per heavy atom. The number of rotatable bonds is 8. The number of nitrogens with zero attached hydrogens (tertiary/aromatic N) is 3. The Morgan fingerprint density at radius 1 is 1.17 bits per heavy atom. The number of hydrogen-bond donors (Lipinski definition) is 1. The van der Waals surface area contributed by atoms with Gasteiger partial charge in [0.2, 0.25) is 15.9 Å². The number of halogens is 1. The number of fused-ring (bicyclic) bond motifs is 1. The first-order chi connectivity index (χ1) is 14.2. The van der Waals surface area contributed by atoms with Crippen molar-refractivity contribution >= 4 is 27.0 Å². The minimum absolute atomic E-state index is 0.116. The summed E-state index contributed by atoms with van der Waals surface area (Å²) in [4.78, 5) is 16.8. The van der Waals surface area contributed by atoms with Crippen LogP contribution in [0.1, 0.15) is 17.8 Å². The predicted octanol–water partition coefficient (Wildman–Crippen LogP) is 2.25. The molecule has 0 bridgehead atoms. The number of sulfonamides is 1. The lowest BCUT2D eigenvalue weighted by molar-refractivity contribution is -0.121. The number of nitrogens with one attached hydrogen (secondary N) is 1. The Morgan fingerprint density at radius 2 is 1.93 bits per heavy atom. The molecule has 1 aromatic heterocycles. The Balaban J connectivity index is 1.61. The van der Waals surface area contributed by atoms with E-state index in [1.165, 1.54) is 26.2 Å². The molecule has 0 aliphatic carbocycles. The Hall–Kier alpha value is -2.78. The first-order valence-electron chi connectivity index (χ1n) is 9.57. The summed E-state index contributed by atoms with van der Waals surface area (Å²) in [5, 5.41) is 2.83. The lowest BCUT2D eigenvalue weighted by Gasteiger charge is -2.10. The van der Waals surface area contributed by atoms with Crippen molar-refractivity contribution in [3.8, 4) is 0 Å². The fourth-order valence-electron chi connectivity index (χ4n) is 3.18. The summed E-state index contributed by atoms with van der Waals surface area (Å²) in [7, 11) is 1.27. The van der Waals surface area contributed by atoms with E-state index in [0.717, 1.165) is 15.4 Å². The number of aryl methyl sites for hydroxylation is 2. The molecule has 160 valence electrons. The van der Waals surface area contributed by atoms with Gasteiger partial charge in [0.1, 0.15) is 11.6 Å². The predicted molar refractivity (Wildman–Crippen MR) is 113 cm³/mol. The van der Waals surface area contributed by atoms with Crippen LogP contribution in [0.15, 0.2) is 47.4 Å². The lowest BCUT2D eigenvalue weighted by Crippen LogP contribution is -2.26. The molecule has 0 atom stereocenters. The number of aromatic nitrogens is 2. The van der Waals surface area contributed by atoms with Gasteiger partial charge in [-0.15, -0.1) is 0 Å². The maximum Gasteiger partial charge on any atom is 0.242 e. The molecule has 0 aliphatic heterocycles. The van der Waals surface area contributed by atoms with Crippen LogP contribution in [-0.4, -0.2) is 48.8 Å². The van der Waals surface area contributed by atoms with Gasteiger partial charge in [0.25, 0.3) is 0 Å². The fourth-order valence-corrected chi connectivity index (χ4v) is 4.10. The normalized spacial score (nSPS) is 11.9. The van der Waals surface area contributed by atoms with Gasteiger partial charge >= 0.3 is 0 Å². The molecule has 7 nitrogen and oxygen atoms in total. The first kappa shape index (κ1) is 21.9. The molecule has 3 rings (SSSR count). The molecule has 0 unspecified atom stereocenters. The van der Waals surface area contributed by atoms with Crippen LogP contribution >= 0.6 is 0 Å². The van der Waals surface area contributed by atoms with E-state index in [0.29, 0.717) is 30.7 Å². The highest BCUT2D eigenvalue weighted by Gasteiger charge is 2.19. The zero-order valence-electron chi connectivity index (χ0n) is 17.2. The minimum Gasteiger partial charge on any atom is -0.356 e. The van der Waals surface area contributed by atoms with E-state index in [2.05, 4.69) is 10.3 Å². The summed E-state index contributed by atoms with van der Waals surface area (Å²) in [5.41, 5.74) is 2.20. The van der Waals surface area contributed by atoms with Crippen LogP contribution in [0.4, 0.5) is 4.39 Å². The molecule has 2 aromatic carbocycles. The van der Waals surface area contributed by atoms with Crippen molar-refractivity contribution in [2.45, 2.75) is 24.2 Å². The zero-order valence-corrected chi connectivity index (χ0v) is 18.0. The van der Waals surface area contributed by atoms with Crippen LogP contribution in [-0.2, 0) is 34.7 Å². The number of carbonyl (C=O) groups is 1. The maximum absolute atomic E-state index is 13.2. The second-order valence-corrected chi connectivity index (χ2v) is 9.41. The van der Waals surface area contributed by atoms with Gasteiger partial charge in [0.05, 0.1) is 15.9 Å². The van der Waals surface area contributed by atoms with Crippen molar-refractivity contribution in [2.75, 3.05) is 20.6 Å². The molecule has 0 aliphatic rings. The third kappa shape index (κ3) is 4.85. The van der Waals surface area contributed by atoms with Crippen molar-refractivity contribution in [2.24, 2.45) is 7.05 Å². The highest BCUT2D eigenvalue weighted by molar-refractivity contribution is 7.89. The molecule has 0 spiro atoms. The van der Waals surface area contributed by atoms with Gasteiger partial charge in [-0.3, -0.25) is 4.79 Å². The van der Waals surface area contributed by atoms with Gasteiger partial charge in [-0.25, -0.2) is 22.1 Å². The maximum atomic E-state index is 13.2. The quantitative estimate of drug-likeness (QED) is 0.592. The number of hydrogen-bond acceptors (Lipinski definition) is 4. The zero-order chi connectivity index (χ0) is 21.9. The molecule has 1 heterocycles. The highest BCUT2D eigenvalue weighted by atomic mass is 32.2. The summed E-state index contributed by atoms with van der Waals surface area (Å²) in [6.45, 7) is 0.427. The van der Waals surface area contributed by atoms with Crippen molar-refractivity contribution < 1.29 is 17.6 Å². The van der Waals surface area contributed by atoms with Crippen LogP contribution < -0.4 is 5.32 Å². The van der Waals surface area contributed by atoms with E-state index in [4.69, 9.17) is 0 Å². The van der Waals surface area contributed by atoms with Gasteiger partial charge < -0.3 is 9.88 Å². The van der Waals surface area contributed by atoms with E-state index in [9.17, 15) is 17.6 Å². The number of benzene rings is 2. The van der Waals surface area contributed by atoms with E-state index in [-0.39, 0.29) is 23.0 Å². The minimum atomic E-state index is -3.54. The van der Waals surface area contributed by atoms with Crippen LogP contribution in [0, 0.1) is 5.82 Å². The van der Waals surface area contributed by atoms with E-state index in [1.54, 1.807) is 24.3 Å². The van der Waals surface area contributed by atoms with Crippen LogP contribution in [0.5, 0.6) is 0 Å². The van der Waals surface area contributed by atoms with Crippen molar-refractivity contribution in [1.29, 1.82) is 0 Å². The number of carbonyl (C=O) groups excluding carboxylic acids is 1. The standard InChI is InChI=1S/C21H25FN4O3S/c1-25(2)30(28,29)17-7-8-19-18(14-17)24-20(26(19)3)9-10-21(27)23-12-11-15-5-4-6-16(22)13-15/h4-8,13-14H,9-12H2,1-3H3,(H,23,27). The molecule has 0 radical (unpaired) electrons. The SMILES string of the molecule is CN(C)S(=O)(=O)c1ccc2c(c1)nc(CCC(=O)NCCc1cccc(F)c1)n2C. The Kier molecular flexibility index (Phi) is 6.52. The average molecular weight is 433 g/mol. The monoisotopic (exact) mass is 432 g/mol. The fraction of sp³-hybridized carbons (Fsp3) is 0.333. The third-order valence-electron chi connectivity index (χ3n) is 4.92. The summed E-state index contributed by atoms with van der Waals surface area (Å²) >= 11 is 0. The highest BCUT2D eigenvalue weighted by Crippen LogP contribution is 2.21. The molecule has 1 N–H and O–H groups in total. The summed E-state index contributed by atoms with van der Waals surface area (Å²) < 4.78 is 40.8. The summed E-state index contributed by atoms with van der Waals surface area (Å²) in [6, 6.07) is 11.1. The number of amides is 1. The van der Waals surface area contributed by atoms with Gasteiger partial charge in [0.15, 0.2) is 0 Å². The molecule has 9 heteroatoms. The van der Waals surface area contributed by atoms with Crippen molar-refractivity contribution in [1.82, 2.24) is 19.2 Å². The molecule has 3 aromatic rings. The molecule has 1 amide bonds. The van der Waals surface area contributed by atoms with Gasteiger partial charge in [-0.2, -0.15) is 0 Å². The Labute approximate surface area is 175 Å². The summed E-state index contributed by atoms with van der Waals surface area (Å²) in [5.74, 6) is 0.293. The topological polar surface area (TPSA) is 84.3 Å². The van der Waals surface area contributed by atoms with Gasteiger partial charge in [-0.1, -0.05) is 12.1 Å². The van der Waals surface area contributed by atoms with Crippen LogP contribution in [0.25, 0.3) is 11.0 Å². The van der Waals surface area contributed by atoms with Crippen LogP contribution in [0.2, 0.25) is 0 Å². The number of imidazole rings is 1. The first-order valence-corrected chi connectivity index (χ1v) is 11.0. The van der Waals surface area contributed by atoms with E-state index < -0.39 is 10.0 Å². The van der Waals surface area contributed by atoms with Crippen molar-refractivity contribution in [3.63, 3.8) is 0 Å². The van der Waals surface area contributed by atoms with Crippen LogP contribution in [0.3, 0.4) is 0 Å². The lowest BCUT2D eigenvalue weighted by atomic mass is 10.1. The molecule has 0 fully saturated rings. The molecule has 0 saturated carbocycles. The van der Waals surface area contributed by atoms with Gasteiger partial charge in [0, 0.05) is 40.5 Å². The third-order valence-corrected chi connectivity index (χ3v) is 6.74. The molecular formula is C21H25FN4O3S. The molecular weight excluding hydrogens is 407 g/mol. The second kappa shape index (κ2) is 8.93. The van der Waals surface area contributed by atoms with E-state index >= 15 is 0 Å². The van der Waals surface area contributed by atoms with E-state index in [1.807, 2.05) is 17.7 Å². The summed E-state index contributed by atoms with van der Waals surface area (Å²) in [6.07, 6.45) is 1.23. The smallest absolute Gasteiger partial charge is 0.242 e. The largest absolute Gasteiger partial charge is 0.356 e. The molecule has 0 saturated heterocycles. The van der Waals surface area contributed by atoms with Gasteiger partial charge in [-0.05, 0) is 42.3 Å². The Bertz CT molecular complexity index is 1170. The average Bonchev–Trinajstić information content (AvgIpc) is 3.01.